The minimum absolute atomic E-state index is 0.0737. The van der Waals surface area contributed by atoms with Crippen LogP contribution < -0.4 is 0 Å². The number of phenols is 1. The second-order valence-corrected chi connectivity index (χ2v) is 10.5. The van der Waals surface area contributed by atoms with Gasteiger partial charge in [0.1, 0.15) is 5.75 Å². The molecule has 0 radical (unpaired) electrons. The van der Waals surface area contributed by atoms with E-state index in [1.54, 1.807) is 18.2 Å². The van der Waals surface area contributed by atoms with Crippen LogP contribution in [0.3, 0.4) is 0 Å². The van der Waals surface area contributed by atoms with Gasteiger partial charge in [0.05, 0.1) is 0 Å². The Bertz CT molecular complexity index is 1190. The zero-order chi connectivity index (χ0) is 23.8. The third-order valence-corrected chi connectivity index (χ3v) is 5.76. The molecule has 0 saturated heterocycles. The van der Waals surface area contributed by atoms with Crippen molar-refractivity contribution in [1.82, 2.24) is 15.0 Å². The molecule has 168 valence electrons. The van der Waals surface area contributed by atoms with Crippen molar-refractivity contribution in [2.24, 2.45) is 0 Å². The molecule has 0 unspecified atom stereocenters. The first kappa shape index (κ1) is 22.7. The summed E-state index contributed by atoms with van der Waals surface area (Å²) >= 11 is 0. The van der Waals surface area contributed by atoms with E-state index in [0.717, 1.165) is 16.7 Å². The summed E-state index contributed by atoms with van der Waals surface area (Å²) in [5.41, 5.74) is 5.27. The van der Waals surface area contributed by atoms with E-state index in [1.807, 2.05) is 6.07 Å². The quantitative estimate of drug-likeness (QED) is 0.369. The number of phenolic OH excluding ortho intramolecular Hbond substituents is 1. The van der Waals surface area contributed by atoms with Gasteiger partial charge in [-0.1, -0.05) is 102 Å². The number of rotatable bonds is 3. The van der Waals surface area contributed by atoms with Crippen molar-refractivity contribution < 1.29 is 5.11 Å². The number of aromatic hydroxyl groups is 1. The molecule has 1 N–H and O–H groups in total. The summed E-state index contributed by atoms with van der Waals surface area (Å²) in [6.45, 7) is 13.2. The predicted molar refractivity (Wildman–Crippen MR) is 135 cm³/mol. The SMILES string of the molecule is CC(C)(C)c1ccc(-c2nc(-c3ccc(C(C)(C)C)cc3)nc(-c3cccc(O)c3)n2)cc1. The molecule has 0 spiro atoms. The number of nitrogens with zero attached hydrogens (tertiary/aromatic N) is 3. The van der Waals surface area contributed by atoms with Gasteiger partial charge in [-0.15, -0.1) is 0 Å². The molecule has 0 aliphatic carbocycles. The highest BCUT2D eigenvalue weighted by Crippen LogP contribution is 2.30. The Labute approximate surface area is 196 Å². The molecule has 4 nitrogen and oxygen atoms in total. The number of benzene rings is 3. The maximum Gasteiger partial charge on any atom is 0.164 e. The lowest BCUT2D eigenvalue weighted by Crippen LogP contribution is -2.10. The maximum absolute atomic E-state index is 9.99. The van der Waals surface area contributed by atoms with Gasteiger partial charge in [-0.05, 0) is 34.1 Å². The standard InChI is InChI=1S/C29H31N3O/c1-28(2,3)22-14-10-19(11-15-22)25-30-26(20-12-16-23(17-13-20)29(4,5)6)32-27(31-25)21-8-7-9-24(33)18-21/h7-18,33H,1-6H3. The van der Waals surface area contributed by atoms with Crippen molar-refractivity contribution >= 4 is 0 Å². The van der Waals surface area contributed by atoms with Crippen LogP contribution in [0.4, 0.5) is 0 Å². The van der Waals surface area contributed by atoms with Gasteiger partial charge in [0.2, 0.25) is 0 Å². The van der Waals surface area contributed by atoms with E-state index >= 15 is 0 Å². The van der Waals surface area contributed by atoms with Crippen LogP contribution in [0.15, 0.2) is 72.8 Å². The highest BCUT2D eigenvalue weighted by Gasteiger charge is 2.17. The van der Waals surface area contributed by atoms with Gasteiger partial charge in [-0.2, -0.15) is 0 Å². The lowest BCUT2D eigenvalue weighted by molar-refractivity contribution is 0.475. The lowest BCUT2D eigenvalue weighted by atomic mass is 9.86. The van der Waals surface area contributed by atoms with E-state index in [4.69, 9.17) is 15.0 Å². The lowest BCUT2D eigenvalue weighted by Gasteiger charge is -2.19. The zero-order valence-corrected chi connectivity index (χ0v) is 20.2. The molecule has 0 atom stereocenters. The second kappa shape index (κ2) is 8.43. The molecule has 1 aromatic heterocycles. The molecule has 4 heteroatoms. The molecule has 1 heterocycles. The van der Waals surface area contributed by atoms with Crippen LogP contribution in [0.2, 0.25) is 0 Å². The fourth-order valence-electron chi connectivity index (χ4n) is 3.65. The molecular weight excluding hydrogens is 406 g/mol. The summed E-state index contributed by atoms with van der Waals surface area (Å²) in [7, 11) is 0. The molecule has 4 aromatic rings. The van der Waals surface area contributed by atoms with Crippen LogP contribution in [0, 0.1) is 0 Å². The van der Waals surface area contributed by atoms with E-state index < -0.39 is 0 Å². The topological polar surface area (TPSA) is 58.9 Å². The summed E-state index contributed by atoms with van der Waals surface area (Å²) in [4.78, 5) is 14.3. The van der Waals surface area contributed by atoms with Crippen LogP contribution in [0.5, 0.6) is 5.75 Å². The van der Waals surface area contributed by atoms with E-state index in [1.165, 1.54) is 11.1 Å². The first-order valence-corrected chi connectivity index (χ1v) is 11.3. The largest absolute Gasteiger partial charge is 0.508 e. The summed E-state index contributed by atoms with van der Waals surface area (Å²) in [6.07, 6.45) is 0. The molecule has 0 amide bonds. The van der Waals surface area contributed by atoms with Crippen LogP contribution in [-0.4, -0.2) is 20.1 Å². The summed E-state index contributed by atoms with van der Waals surface area (Å²) in [6, 6.07) is 23.8. The second-order valence-electron chi connectivity index (χ2n) is 10.5. The minimum Gasteiger partial charge on any atom is -0.508 e. The fourth-order valence-corrected chi connectivity index (χ4v) is 3.65. The van der Waals surface area contributed by atoms with Crippen molar-refractivity contribution in [1.29, 1.82) is 0 Å². The van der Waals surface area contributed by atoms with Crippen LogP contribution in [0.1, 0.15) is 52.7 Å². The van der Waals surface area contributed by atoms with E-state index in [9.17, 15) is 5.11 Å². The van der Waals surface area contributed by atoms with Crippen molar-refractivity contribution in [3.63, 3.8) is 0 Å². The van der Waals surface area contributed by atoms with Crippen LogP contribution in [-0.2, 0) is 10.8 Å². The van der Waals surface area contributed by atoms with Gasteiger partial charge in [-0.25, -0.2) is 15.0 Å². The molecule has 0 fully saturated rings. The van der Waals surface area contributed by atoms with Gasteiger partial charge in [-0.3, -0.25) is 0 Å². The summed E-state index contributed by atoms with van der Waals surface area (Å²) in [5.74, 6) is 1.93. The van der Waals surface area contributed by atoms with Crippen molar-refractivity contribution in [2.45, 2.75) is 52.4 Å². The van der Waals surface area contributed by atoms with Gasteiger partial charge in [0.15, 0.2) is 17.5 Å². The zero-order valence-electron chi connectivity index (χ0n) is 20.2. The highest BCUT2D eigenvalue weighted by atomic mass is 16.3. The average Bonchev–Trinajstić information content (AvgIpc) is 2.78. The van der Waals surface area contributed by atoms with Crippen LogP contribution in [0.25, 0.3) is 34.2 Å². The van der Waals surface area contributed by atoms with Crippen LogP contribution >= 0.6 is 0 Å². The van der Waals surface area contributed by atoms with Crippen molar-refractivity contribution in [3.8, 4) is 39.9 Å². The number of hydrogen-bond donors (Lipinski definition) is 1. The Morgan fingerprint density at radius 2 is 0.909 bits per heavy atom. The molecule has 0 bridgehead atoms. The predicted octanol–water partition coefficient (Wildman–Crippen LogP) is 7.17. The van der Waals surface area contributed by atoms with Gasteiger partial charge in [0, 0.05) is 16.7 Å². The Hall–Kier alpha value is -3.53. The summed E-state index contributed by atoms with van der Waals surface area (Å²) in [5, 5.41) is 9.99. The monoisotopic (exact) mass is 437 g/mol. The van der Waals surface area contributed by atoms with E-state index in [2.05, 4.69) is 90.1 Å². The van der Waals surface area contributed by atoms with E-state index in [0.29, 0.717) is 17.5 Å². The van der Waals surface area contributed by atoms with Crippen molar-refractivity contribution in [2.75, 3.05) is 0 Å². The summed E-state index contributed by atoms with van der Waals surface area (Å²) < 4.78 is 0. The van der Waals surface area contributed by atoms with Gasteiger partial charge in [0.25, 0.3) is 0 Å². The third kappa shape index (κ3) is 5.11. The molecule has 0 aliphatic heterocycles. The number of aromatic nitrogens is 3. The van der Waals surface area contributed by atoms with Gasteiger partial charge < -0.3 is 5.11 Å². The first-order valence-electron chi connectivity index (χ1n) is 11.3. The molecule has 0 saturated carbocycles. The molecular formula is C29H31N3O. The Balaban J connectivity index is 1.84. The Morgan fingerprint density at radius 3 is 1.27 bits per heavy atom. The Morgan fingerprint density at radius 1 is 0.515 bits per heavy atom. The average molecular weight is 438 g/mol. The van der Waals surface area contributed by atoms with Crippen molar-refractivity contribution in [3.05, 3.63) is 83.9 Å². The highest BCUT2D eigenvalue weighted by molar-refractivity contribution is 5.67. The van der Waals surface area contributed by atoms with Gasteiger partial charge >= 0.3 is 0 Å². The molecule has 0 aliphatic rings. The molecule has 3 aromatic carbocycles. The maximum atomic E-state index is 9.99. The molecule has 33 heavy (non-hydrogen) atoms. The number of hydrogen-bond acceptors (Lipinski definition) is 4. The first-order chi connectivity index (χ1) is 15.5. The Kier molecular flexibility index (Phi) is 5.79. The smallest absolute Gasteiger partial charge is 0.164 e. The minimum atomic E-state index is 0.0737. The van der Waals surface area contributed by atoms with E-state index in [-0.39, 0.29) is 16.6 Å². The normalized spacial score (nSPS) is 12.1. The third-order valence-electron chi connectivity index (χ3n) is 5.76. The molecule has 4 rings (SSSR count). The fraction of sp³-hybridized carbons (Fsp3) is 0.276.